The molecule has 0 bridgehead atoms. The van der Waals surface area contributed by atoms with Gasteiger partial charge in [0.15, 0.2) is 0 Å². The van der Waals surface area contributed by atoms with Crippen molar-refractivity contribution in [1.29, 1.82) is 0 Å². The zero-order valence-electron chi connectivity index (χ0n) is 9.28. The summed E-state index contributed by atoms with van der Waals surface area (Å²) in [5, 5.41) is 0. The summed E-state index contributed by atoms with van der Waals surface area (Å²) < 4.78 is 27.7. The molecule has 0 fully saturated rings. The van der Waals surface area contributed by atoms with Gasteiger partial charge in [0.2, 0.25) is 0 Å². The number of nitrogens with one attached hydrogen (secondary N) is 2. The Bertz CT molecular complexity index is 301. The summed E-state index contributed by atoms with van der Waals surface area (Å²) >= 11 is 4.69. The van der Waals surface area contributed by atoms with Gasteiger partial charge in [-0.25, -0.2) is 4.72 Å². The van der Waals surface area contributed by atoms with Crippen LogP contribution in [-0.2, 0) is 10.2 Å². The van der Waals surface area contributed by atoms with Crippen LogP contribution in [0.1, 0.15) is 27.2 Å². The van der Waals surface area contributed by atoms with Crippen molar-refractivity contribution in [1.82, 2.24) is 9.44 Å². The van der Waals surface area contributed by atoms with E-state index in [1.54, 1.807) is 6.92 Å². The average Bonchev–Trinajstić information content (AvgIpc) is 1.98. The lowest BCUT2D eigenvalue weighted by molar-refractivity contribution is 0.534. The fourth-order valence-corrected chi connectivity index (χ4v) is 2.43. The second-order valence-corrected chi connectivity index (χ2v) is 5.99. The maximum absolute atomic E-state index is 11.4. The van der Waals surface area contributed by atoms with Gasteiger partial charge in [0.1, 0.15) is 0 Å². The lowest BCUT2D eigenvalue weighted by Crippen LogP contribution is -2.43. The summed E-state index contributed by atoms with van der Waals surface area (Å²) in [5.74, 6) is 0.271. The van der Waals surface area contributed by atoms with E-state index in [0.717, 1.165) is 0 Å². The van der Waals surface area contributed by atoms with Crippen LogP contribution < -0.4 is 15.2 Å². The molecule has 0 saturated carbocycles. The highest BCUT2D eigenvalue weighted by atomic mass is 32.2. The molecular formula is C8H19N3O2S2. The molecule has 0 aliphatic heterocycles. The van der Waals surface area contributed by atoms with E-state index < -0.39 is 10.2 Å². The van der Waals surface area contributed by atoms with E-state index in [0.29, 0.717) is 18.0 Å². The van der Waals surface area contributed by atoms with Crippen LogP contribution in [0.25, 0.3) is 0 Å². The highest BCUT2D eigenvalue weighted by Crippen LogP contribution is 1.94. The maximum atomic E-state index is 11.4. The predicted molar refractivity (Wildman–Crippen MR) is 65.8 cm³/mol. The molecule has 0 rings (SSSR count). The molecular weight excluding hydrogens is 234 g/mol. The van der Waals surface area contributed by atoms with Gasteiger partial charge in [-0.1, -0.05) is 26.1 Å². The molecule has 7 heteroatoms. The van der Waals surface area contributed by atoms with Crippen LogP contribution in [0.2, 0.25) is 0 Å². The average molecular weight is 253 g/mol. The summed E-state index contributed by atoms with van der Waals surface area (Å²) in [7, 11) is -3.44. The van der Waals surface area contributed by atoms with E-state index in [-0.39, 0.29) is 12.0 Å². The first-order valence-corrected chi connectivity index (χ1v) is 6.67. The van der Waals surface area contributed by atoms with E-state index in [4.69, 9.17) is 5.73 Å². The smallest absolute Gasteiger partial charge is 0.277 e. The van der Waals surface area contributed by atoms with E-state index in [2.05, 4.69) is 21.7 Å². The summed E-state index contributed by atoms with van der Waals surface area (Å²) in [6.07, 6.45) is 0.359. The monoisotopic (exact) mass is 253 g/mol. The first-order valence-electron chi connectivity index (χ1n) is 4.78. The number of hydrogen-bond donors (Lipinski definition) is 3. The van der Waals surface area contributed by atoms with Crippen LogP contribution in [0.15, 0.2) is 0 Å². The number of rotatable bonds is 7. The number of hydrogen-bond acceptors (Lipinski definition) is 3. The van der Waals surface area contributed by atoms with E-state index in [9.17, 15) is 8.42 Å². The molecule has 0 aliphatic carbocycles. The molecule has 1 unspecified atom stereocenters. The highest BCUT2D eigenvalue weighted by Gasteiger charge is 2.14. The van der Waals surface area contributed by atoms with Crippen LogP contribution in [0.4, 0.5) is 0 Å². The Balaban J connectivity index is 4.08. The zero-order valence-corrected chi connectivity index (χ0v) is 10.9. The predicted octanol–water partition coefficient (Wildman–Crippen LogP) is 0.131. The first-order chi connectivity index (χ1) is 6.73. The van der Waals surface area contributed by atoms with Gasteiger partial charge >= 0.3 is 0 Å². The van der Waals surface area contributed by atoms with Crippen LogP contribution in [0.5, 0.6) is 0 Å². The standard InChI is InChI=1S/C8H19N3O2S2/c1-6(2)5-10-15(12,13)11-7(3)4-8(9)14/h6-7,10-11H,4-5H2,1-3H3,(H2,9,14). The third-order valence-electron chi connectivity index (χ3n) is 1.55. The lowest BCUT2D eigenvalue weighted by atomic mass is 10.2. The van der Waals surface area contributed by atoms with Crippen molar-refractivity contribution in [2.75, 3.05) is 6.54 Å². The molecule has 0 heterocycles. The molecule has 0 aromatic rings. The van der Waals surface area contributed by atoms with Crippen molar-refractivity contribution in [2.24, 2.45) is 11.7 Å². The van der Waals surface area contributed by atoms with Crippen LogP contribution >= 0.6 is 12.2 Å². The van der Waals surface area contributed by atoms with Crippen molar-refractivity contribution < 1.29 is 8.42 Å². The third-order valence-corrected chi connectivity index (χ3v) is 2.97. The Kier molecular flexibility index (Phi) is 6.26. The number of nitrogens with two attached hydrogens (primary N) is 1. The molecule has 90 valence electrons. The van der Waals surface area contributed by atoms with E-state index in [1.807, 2.05) is 13.8 Å². The summed E-state index contributed by atoms with van der Waals surface area (Å²) in [5.41, 5.74) is 5.31. The van der Waals surface area contributed by atoms with Crippen LogP contribution in [0.3, 0.4) is 0 Å². The largest absolute Gasteiger partial charge is 0.393 e. The van der Waals surface area contributed by atoms with Crippen LogP contribution in [0, 0.1) is 5.92 Å². The maximum Gasteiger partial charge on any atom is 0.277 e. The molecule has 0 amide bonds. The summed E-state index contributed by atoms with van der Waals surface area (Å²) in [6, 6.07) is -0.285. The molecule has 0 aromatic heterocycles. The van der Waals surface area contributed by atoms with Gasteiger partial charge in [0.25, 0.3) is 10.2 Å². The Morgan fingerprint density at radius 2 is 1.93 bits per heavy atom. The van der Waals surface area contributed by atoms with Crippen LogP contribution in [-0.4, -0.2) is 26.0 Å². The second kappa shape index (κ2) is 6.37. The minimum Gasteiger partial charge on any atom is -0.393 e. The fraction of sp³-hybridized carbons (Fsp3) is 0.875. The lowest BCUT2D eigenvalue weighted by Gasteiger charge is -2.14. The Hall–Kier alpha value is -0.240. The van der Waals surface area contributed by atoms with Gasteiger partial charge in [-0.2, -0.15) is 13.1 Å². The fourth-order valence-electron chi connectivity index (χ4n) is 0.926. The molecule has 4 N–H and O–H groups in total. The first kappa shape index (κ1) is 14.8. The summed E-state index contributed by atoms with van der Waals surface area (Å²) in [4.78, 5) is 0.300. The Labute approximate surface area is 97.0 Å². The van der Waals surface area contributed by atoms with E-state index in [1.165, 1.54) is 0 Å². The Morgan fingerprint density at radius 1 is 1.40 bits per heavy atom. The van der Waals surface area contributed by atoms with Gasteiger partial charge in [-0.15, -0.1) is 0 Å². The topological polar surface area (TPSA) is 84.2 Å². The quantitative estimate of drug-likeness (QED) is 0.563. The molecule has 0 radical (unpaired) electrons. The molecule has 0 spiro atoms. The minimum absolute atomic E-state index is 0.271. The van der Waals surface area contributed by atoms with Gasteiger partial charge in [-0.05, 0) is 12.8 Å². The zero-order chi connectivity index (χ0) is 12.1. The van der Waals surface area contributed by atoms with Crippen molar-refractivity contribution in [2.45, 2.75) is 33.2 Å². The normalized spacial score (nSPS) is 14.1. The molecule has 5 nitrogen and oxygen atoms in total. The highest BCUT2D eigenvalue weighted by molar-refractivity contribution is 7.87. The van der Waals surface area contributed by atoms with Crippen molar-refractivity contribution in [3.05, 3.63) is 0 Å². The van der Waals surface area contributed by atoms with Gasteiger partial charge in [0, 0.05) is 19.0 Å². The SMILES string of the molecule is CC(C)CNS(=O)(=O)NC(C)CC(N)=S. The van der Waals surface area contributed by atoms with Crippen molar-refractivity contribution >= 4 is 27.4 Å². The van der Waals surface area contributed by atoms with Gasteiger partial charge < -0.3 is 5.73 Å². The van der Waals surface area contributed by atoms with E-state index >= 15 is 0 Å². The minimum atomic E-state index is -3.44. The molecule has 0 aliphatic rings. The third kappa shape index (κ3) is 8.73. The summed E-state index contributed by atoms with van der Waals surface area (Å²) in [6.45, 7) is 5.99. The van der Waals surface area contributed by atoms with Gasteiger partial charge in [0.05, 0.1) is 4.99 Å². The molecule has 15 heavy (non-hydrogen) atoms. The van der Waals surface area contributed by atoms with Crippen molar-refractivity contribution in [3.63, 3.8) is 0 Å². The number of thiocarbonyl (C=S) groups is 1. The molecule has 1 atom stereocenters. The van der Waals surface area contributed by atoms with Crippen molar-refractivity contribution in [3.8, 4) is 0 Å². The second-order valence-electron chi connectivity index (χ2n) is 3.94. The molecule has 0 aromatic carbocycles. The Morgan fingerprint density at radius 3 is 2.33 bits per heavy atom. The molecule has 0 saturated heterocycles. The van der Waals surface area contributed by atoms with Gasteiger partial charge in [-0.3, -0.25) is 0 Å².